The number of urea groups is 1. The summed E-state index contributed by atoms with van der Waals surface area (Å²) in [4.78, 5) is 82.2. The maximum atomic E-state index is 13.1. The normalized spacial score (nSPS) is 18.3. The number of imide groups is 1. The number of fused-ring (bicyclic) bond motifs is 2. The molecule has 5 aromatic rings. The van der Waals surface area contributed by atoms with Crippen molar-refractivity contribution in [2.24, 2.45) is 0 Å². The van der Waals surface area contributed by atoms with Crippen molar-refractivity contribution in [2.45, 2.75) is 82.7 Å². The first kappa shape index (κ1) is 39.1. The van der Waals surface area contributed by atoms with Gasteiger partial charge < -0.3 is 29.9 Å². The van der Waals surface area contributed by atoms with Gasteiger partial charge in [0.1, 0.15) is 11.7 Å². The molecule has 7 heterocycles. The summed E-state index contributed by atoms with van der Waals surface area (Å²) in [5.74, 6) is 0.0580. The molecule has 3 N–H and O–H groups in total. The van der Waals surface area contributed by atoms with Crippen LogP contribution < -0.4 is 20.9 Å². The molecule has 0 spiro atoms. The number of piperidine rings is 1. The van der Waals surface area contributed by atoms with Crippen LogP contribution in [0.1, 0.15) is 91.2 Å². The van der Waals surface area contributed by atoms with E-state index in [4.69, 9.17) is 16.1 Å². The van der Waals surface area contributed by atoms with Crippen LogP contribution in [0.4, 0.5) is 21.9 Å². The van der Waals surface area contributed by atoms with Crippen LogP contribution in [0.15, 0.2) is 53.4 Å². The van der Waals surface area contributed by atoms with Crippen LogP contribution in [0, 0.1) is 0 Å². The molecule has 1 aromatic carbocycles. The van der Waals surface area contributed by atoms with Crippen molar-refractivity contribution >= 4 is 64.0 Å². The molecule has 4 aromatic heterocycles. The molecule has 1 atom stereocenters. The summed E-state index contributed by atoms with van der Waals surface area (Å²) in [6, 6.07) is 8.01. The molecule has 9 rings (SSSR count). The van der Waals surface area contributed by atoms with Gasteiger partial charge in [0.25, 0.3) is 5.91 Å². The fourth-order valence-corrected chi connectivity index (χ4v) is 8.92. The third-order valence-electron chi connectivity index (χ3n) is 11.8. The number of piperazine rings is 1. The minimum atomic E-state index is -0.651. The zero-order valence-corrected chi connectivity index (χ0v) is 33.5. The molecule has 60 heavy (non-hydrogen) atoms. The minimum Gasteiger partial charge on any atom is -0.368 e. The number of anilines is 3. The summed E-state index contributed by atoms with van der Waals surface area (Å²) in [6.45, 7) is 2.79. The second kappa shape index (κ2) is 16.7. The Balaban J connectivity index is 0.719. The standard InChI is InChI=1S/C41H43ClN12O6/c42-29-20-26(46-41(59)47-30-22-43-32-13-14-45-54(32)37(30)24-5-1-2-6-24)21-44-36(29)38-49-34(60-50-38)7-3-4-8-35(56)52-17-15-51(16-18-52)27-9-10-28-25(19-27)23-53(40(28)58)31-11-12-33(55)48-39(31)57/h9-10,13-14,19-22,24,31H,1-8,11-12,15-18,23H2,(H2,46,47,59)(H,48,55,57). The predicted molar refractivity (Wildman–Crippen MR) is 218 cm³/mol. The van der Waals surface area contributed by atoms with Crippen molar-refractivity contribution < 1.29 is 28.5 Å². The van der Waals surface area contributed by atoms with Gasteiger partial charge in [0.15, 0.2) is 5.65 Å². The largest absolute Gasteiger partial charge is 0.368 e. The molecule has 0 bridgehead atoms. The number of hydrogen-bond acceptors (Lipinski definition) is 12. The molecule has 1 saturated carbocycles. The van der Waals surface area contributed by atoms with Crippen molar-refractivity contribution in [1.82, 2.24) is 44.8 Å². The molecular formula is C41H43ClN12O6. The number of benzene rings is 1. The quantitative estimate of drug-likeness (QED) is 0.119. The van der Waals surface area contributed by atoms with Crippen LogP contribution in [0.3, 0.4) is 0 Å². The lowest BCUT2D eigenvalue weighted by atomic mass is 10.0. The minimum absolute atomic E-state index is 0.0866. The lowest BCUT2D eigenvalue weighted by molar-refractivity contribution is -0.137. The van der Waals surface area contributed by atoms with E-state index in [0.717, 1.165) is 48.3 Å². The van der Waals surface area contributed by atoms with E-state index < -0.39 is 18.0 Å². The van der Waals surface area contributed by atoms with Crippen LogP contribution in [-0.4, -0.2) is 101 Å². The van der Waals surface area contributed by atoms with Gasteiger partial charge in [-0.3, -0.25) is 24.5 Å². The number of amides is 6. The molecular weight excluding hydrogens is 792 g/mol. The summed E-state index contributed by atoms with van der Waals surface area (Å²) in [6.07, 6.45) is 11.9. The van der Waals surface area contributed by atoms with Crippen LogP contribution in [-0.2, 0) is 27.3 Å². The number of pyridine rings is 1. The maximum Gasteiger partial charge on any atom is 0.323 e. The zero-order chi connectivity index (χ0) is 41.3. The third-order valence-corrected chi connectivity index (χ3v) is 12.0. The Morgan fingerprint density at radius 3 is 2.58 bits per heavy atom. The van der Waals surface area contributed by atoms with Crippen molar-refractivity contribution in [3.8, 4) is 11.5 Å². The molecule has 1 unspecified atom stereocenters. The van der Waals surface area contributed by atoms with Crippen molar-refractivity contribution in [3.63, 3.8) is 0 Å². The molecule has 19 heteroatoms. The molecule has 2 saturated heterocycles. The fraction of sp³-hybridized carbons (Fsp3) is 0.415. The first-order valence-electron chi connectivity index (χ1n) is 20.4. The predicted octanol–water partition coefficient (Wildman–Crippen LogP) is 4.95. The molecule has 18 nitrogen and oxygen atoms in total. The second-order valence-corrected chi connectivity index (χ2v) is 16.0. The van der Waals surface area contributed by atoms with E-state index in [0.29, 0.717) is 93.4 Å². The van der Waals surface area contributed by atoms with Gasteiger partial charge >= 0.3 is 6.03 Å². The topological polar surface area (TPSA) is 213 Å². The van der Waals surface area contributed by atoms with Crippen LogP contribution in [0.5, 0.6) is 0 Å². The van der Waals surface area contributed by atoms with Crippen molar-refractivity contribution in [1.29, 1.82) is 0 Å². The molecule has 1 aliphatic carbocycles. The van der Waals surface area contributed by atoms with Gasteiger partial charge in [-0.2, -0.15) is 10.1 Å². The Morgan fingerprint density at radius 2 is 1.78 bits per heavy atom. The van der Waals surface area contributed by atoms with Crippen LogP contribution in [0.25, 0.3) is 17.2 Å². The first-order chi connectivity index (χ1) is 29.2. The Bertz CT molecular complexity index is 2490. The highest BCUT2D eigenvalue weighted by Crippen LogP contribution is 2.38. The highest BCUT2D eigenvalue weighted by molar-refractivity contribution is 6.33. The number of rotatable bonds is 11. The number of nitrogens with one attached hydrogen (secondary N) is 3. The average molecular weight is 835 g/mol. The lowest BCUT2D eigenvalue weighted by Gasteiger charge is -2.36. The van der Waals surface area contributed by atoms with E-state index >= 15 is 0 Å². The van der Waals surface area contributed by atoms with Gasteiger partial charge in [0, 0.05) is 75.2 Å². The van der Waals surface area contributed by atoms with Gasteiger partial charge in [0.05, 0.1) is 40.7 Å². The van der Waals surface area contributed by atoms with E-state index in [1.807, 2.05) is 23.1 Å². The Labute approximate surface area is 349 Å². The Kier molecular flexibility index (Phi) is 10.9. The summed E-state index contributed by atoms with van der Waals surface area (Å²) in [5.41, 5.74) is 5.37. The van der Waals surface area contributed by atoms with Gasteiger partial charge in [0.2, 0.25) is 29.4 Å². The first-order valence-corrected chi connectivity index (χ1v) is 20.8. The number of hydrogen-bond donors (Lipinski definition) is 3. The second-order valence-electron chi connectivity index (χ2n) is 15.6. The van der Waals surface area contributed by atoms with Crippen molar-refractivity contribution in [3.05, 3.63) is 76.7 Å². The molecule has 0 radical (unpaired) electrons. The Morgan fingerprint density at radius 1 is 0.950 bits per heavy atom. The van der Waals surface area contributed by atoms with E-state index in [-0.39, 0.29) is 40.9 Å². The number of unbranched alkanes of at least 4 members (excludes halogenated alkanes) is 1. The number of carbonyl (C=O) groups excluding carboxylic acids is 5. The van der Waals surface area contributed by atoms with Crippen LogP contribution in [0.2, 0.25) is 5.02 Å². The monoisotopic (exact) mass is 834 g/mol. The van der Waals surface area contributed by atoms with Gasteiger partial charge in [-0.25, -0.2) is 19.3 Å². The summed E-state index contributed by atoms with van der Waals surface area (Å²) >= 11 is 6.57. The van der Waals surface area contributed by atoms with Gasteiger partial charge in [-0.1, -0.05) is 29.6 Å². The number of aromatic nitrogens is 6. The zero-order valence-electron chi connectivity index (χ0n) is 32.7. The molecule has 3 aliphatic heterocycles. The summed E-state index contributed by atoms with van der Waals surface area (Å²) in [7, 11) is 0. The summed E-state index contributed by atoms with van der Waals surface area (Å²) < 4.78 is 7.26. The molecule has 4 aliphatic rings. The molecule has 3 fully saturated rings. The number of carbonyl (C=O) groups is 5. The van der Waals surface area contributed by atoms with E-state index in [9.17, 15) is 24.0 Å². The number of aryl methyl sites for hydroxylation is 1. The van der Waals surface area contributed by atoms with Gasteiger partial charge in [-0.15, -0.1) is 0 Å². The summed E-state index contributed by atoms with van der Waals surface area (Å²) in [5, 5.41) is 16.8. The maximum absolute atomic E-state index is 13.1. The average Bonchev–Trinajstić information content (AvgIpc) is 4.08. The fourth-order valence-electron chi connectivity index (χ4n) is 8.67. The van der Waals surface area contributed by atoms with E-state index in [1.54, 1.807) is 33.9 Å². The SMILES string of the molecule is O=C1CCC(N2Cc3cc(N4CCN(C(=O)CCCCc5nc(-c6ncc(NC(=O)Nc7cnc8ccnn8c7C7CCCC7)cc6Cl)no5)CC4)ccc3C2=O)C(=O)N1. The Hall–Kier alpha value is -6.43. The smallest absolute Gasteiger partial charge is 0.323 e. The van der Waals surface area contributed by atoms with Gasteiger partial charge in [-0.05, 0) is 61.9 Å². The van der Waals surface area contributed by atoms with Crippen molar-refractivity contribution in [2.75, 3.05) is 41.7 Å². The number of nitrogens with zero attached hydrogens (tertiary/aromatic N) is 9. The highest BCUT2D eigenvalue weighted by Gasteiger charge is 2.39. The number of halogens is 1. The molecule has 6 amide bonds. The van der Waals surface area contributed by atoms with Crippen LogP contribution >= 0.6 is 11.6 Å². The lowest BCUT2D eigenvalue weighted by Crippen LogP contribution is -2.52. The highest BCUT2D eigenvalue weighted by atomic mass is 35.5. The third kappa shape index (κ3) is 7.98. The van der Waals surface area contributed by atoms with E-state index in [1.165, 1.54) is 6.20 Å². The molecule has 310 valence electrons. The van der Waals surface area contributed by atoms with E-state index in [2.05, 4.69) is 46.1 Å².